The topological polar surface area (TPSA) is 78.3 Å². The molecule has 6 heteroatoms. The van der Waals surface area contributed by atoms with E-state index in [9.17, 15) is 13.6 Å². The van der Waals surface area contributed by atoms with Gasteiger partial charge in [-0.05, 0) is 24.6 Å². The fraction of sp³-hybridized carbons (Fsp3) is 0.300. The third-order valence-corrected chi connectivity index (χ3v) is 2.19. The van der Waals surface area contributed by atoms with E-state index in [4.69, 9.17) is 11.5 Å². The minimum Gasteiger partial charge on any atom is -0.435 e. The quantitative estimate of drug-likeness (QED) is 0.808. The maximum atomic E-state index is 11.9. The maximum Gasteiger partial charge on any atom is 0.387 e. The molecule has 0 aliphatic heterocycles. The fourth-order valence-corrected chi connectivity index (χ4v) is 1.12. The number of amides is 1. The van der Waals surface area contributed by atoms with Gasteiger partial charge in [0.25, 0.3) is 0 Å². The zero-order valence-electron chi connectivity index (χ0n) is 8.61. The molecule has 0 aromatic heterocycles. The predicted octanol–water partition coefficient (Wildman–Crippen LogP) is 0.947. The van der Waals surface area contributed by atoms with E-state index in [1.165, 1.54) is 31.2 Å². The minimum atomic E-state index is -2.88. The summed E-state index contributed by atoms with van der Waals surface area (Å²) in [5.41, 5.74) is 9.88. The van der Waals surface area contributed by atoms with Crippen LogP contribution in [-0.2, 0) is 10.3 Å². The number of halogens is 2. The Kier molecular flexibility index (Phi) is 3.44. The third-order valence-electron chi connectivity index (χ3n) is 2.19. The molecule has 4 nitrogen and oxygen atoms in total. The van der Waals surface area contributed by atoms with Crippen LogP contribution in [0.15, 0.2) is 24.3 Å². The first-order valence-corrected chi connectivity index (χ1v) is 4.48. The smallest absolute Gasteiger partial charge is 0.387 e. The summed E-state index contributed by atoms with van der Waals surface area (Å²) < 4.78 is 27.9. The van der Waals surface area contributed by atoms with E-state index in [1.807, 2.05) is 0 Å². The Morgan fingerprint density at radius 2 is 1.88 bits per heavy atom. The van der Waals surface area contributed by atoms with Gasteiger partial charge in [-0.25, -0.2) is 0 Å². The zero-order valence-corrected chi connectivity index (χ0v) is 8.61. The summed E-state index contributed by atoms with van der Waals surface area (Å²) in [5.74, 6) is -0.700. The SMILES string of the molecule is CC(N)(C(N)=O)c1ccc(OC(F)F)cc1. The lowest BCUT2D eigenvalue weighted by molar-refractivity contribution is -0.122. The Balaban J connectivity index is 2.91. The highest BCUT2D eigenvalue weighted by atomic mass is 19.3. The van der Waals surface area contributed by atoms with Gasteiger partial charge in [-0.3, -0.25) is 4.79 Å². The van der Waals surface area contributed by atoms with Crippen LogP contribution in [0.3, 0.4) is 0 Å². The molecule has 1 rings (SSSR count). The highest BCUT2D eigenvalue weighted by Gasteiger charge is 2.27. The highest BCUT2D eigenvalue weighted by Crippen LogP contribution is 2.21. The van der Waals surface area contributed by atoms with Crippen LogP contribution >= 0.6 is 0 Å². The lowest BCUT2D eigenvalue weighted by Gasteiger charge is -2.21. The van der Waals surface area contributed by atoms with Crippen LogP contribution in [0.1, 0.15) is 12.5 Å². The summed E-state index contributed by atoms with van der Waals surface area (Å²) in [6.07, 6.45) is 0. The van der Waals surface area contributed by atoms with Gasteiger partial charge in [0.1, 0.15) is 11.3 Å². The molecule has 0 fully saturated rings. The van der Waals surface area contributed by atoms with Gasteiger partial charge in [-0.1, -0.05) is 12.1 Å². The monoisotopic (exact) mass is 230 g/mol. The van der Waals surface area contributed by atoms with E-state index in [2.05, 4.69) is 4.74 Å². The number of carbonyl (C=O) groups excluding carboxylic acids is 1. The molecular formula is C10H12F2N2O2. The number of benzene rings is 1. The van der Waals surface area contributed by atoms with E-state index in [0.717, 1.165) is 0 Å². The third kappa shape index (κ3) is 2.66. The Labute approximate surface area is 91.2 Å². The van der Waals surface area contributed by atoms with Crippen molar-refractivity contribution in [3.05, 3.63) is 29.8 Å². The van der Waals surface area contributed by atoms with Gasteiger partial charge >= 0.3 is 6.61 Å². The van der Waals surface area contributed by atoms with Gasteiger partial charge in [-0.15, -0.1) is 0 Å². The van der Waals surface area contributed by atoms with Crippen molar-refractivity contribution >= 4 is 5.91 Å². The molecule has 0 saturated carbocycles. The summed E-state index contributed by atoms with van der Waals surface area (Å²) in [6.45, 7) is -1.44. The average molecular weight is 230 g/mol. The van der Waals surface area contributed by atoms with E-state index < -0.39 is 18.1 Å². The van der Waals surface area contributed by atoms with Crippen LogP contribution in [0.25, 0.3) is 0 Å². The molecule has 1 unspecified atom stereocenters. The van der Waals surface area contributed by atoms with E-state index in [1.54, 1.807) is 0 Å². The van der Waals surface area contributed by atoms with Crippen molar-refractivity contribution in [2.45, 2.75) is 19.1 Å². The molecule has 0 heterocycles. The summed E-state index contributed by atoms with van der Waals surface area (Å²) >= 11 is 0. The minimum absolute atomic E-state index is 0.000907. The van der Waals surface area contributed by atoms with Crippen molar-refractivity contribution < 1.29 is 18.3 Å². The molecule has 0 radical (unpaired) electrons. The number of hydrogen-bond acceptors (Lipinski definition) is 3. The van der Waals surface area contributed by atoms with Gasteiger partial charge in [0.15, 0.2) is 0 Å². The van der Waals surface area contributed by atoms with Gasteiger partial charge in [0.05, 0.1) is 0 Å². The number of rotatable bonds is 4. The fourth-order valence-electron chi connectivity index (χ4n) is 1.12. The van der Waals surface area contributed by atoms with Crippen LogP contribution < -0.4 is 16.2 Å². The molecule has 4 N–H and O–H groups in total. The average Bonchev–Trinajstić information content (AvgIpc) is 2.17. The second-order valence-corrected chi connectivity index (χ2v) is 3.47. The van der Waals surface area contributed by atoms with Crippen molar-refractivity contribution in [2.24, 2.45) is 11.5 Å². The summed E-state index contributed by atoms with van der Waals surface area (Å²) in [6, 6.07) is 5.44. The number of primary amides is 1. The largest absolute Gasteiger partial charge is 0.435 e. The Morgan fingerprint density at radius 3 is 2.25 bits per heavy atom. The molecule has 1 amide bonds. The molecule has 0 saturated heterocycles. The first kappa shape index (κ1) is 12.4. The first-order valence-electron chi connectivity index (χ1n) is 4.48. The molecular weight excluding hydrogens is 218 g/mol. The summed E-state index contributed by atoms with van der Waals surface area (Å²) in [7, 11) is 0. The van der Waals surface area contributed by atoms with Crippen LogP contribution in [0, 0.1) is 0 Å². The van der Waals surface area contributed by atoms with E-state index in [-0.39, 0.29) is 5.75 Å². The van der Waals surface area contributed by atoms with Crippen molar-refractivity contribution in [2.75, 3.05) is 0 Å². The van der Waals surface area contributed by atoms with Crippen molar-refractivity contribution in [1.29, 1.82) is 0 Å². The molecule has 1 aromatic rings. The van der Waals surface area contributed by atoms with Gasteiger partial charge in [-0.2, -0.15) is 8.78 Å². The molecule has 16 heavy (non-hydrogen) atoms. The standard InChI is InChI=1S/C10H12F2N2O2/c1-10(14,8(13)15)6-2-4-7(5-3-6)16-9(11)12/h2-5,9H,14H2,1H3,(H2,13,15). The van der Waals surface area contributed by atoms with Crippen LogP contribution in [0.2, 0.25) is 0 Å². The first-order chi connectivity index (χ1) is 7.34. The number of ether oxygens (including phenoxy) is 1. The van der Waals surface area contributed by atoms with Crippen LogP contribution in [-0.4, -0.2) is 12.5 Å². The summed E-state index contributed by atoms with van der Waals surface area (Å²) in [4.78, 5) is 11.0. The predicted molar refractivity (Wildman–Crippen MR) is 53.8 cm³/mol. The number of nitrogens with two attached hydrogens (primary N) is 2. The van der Waals surface area contributed by atoms with Crippen molar-refractivity contribution in [3.8, 4) is 5.75 Å². The molecule has 0 aliphatic rings. The Bertz CT molecular complexity index is 377. The molecule has 88 valence electrons. The molecule has 0 aliphatic carbocycles. The molecule has 1 aromatic carbocycles. The Hall–Kier alpha value is -1.69. The van der Waals surface area contributed by atoms with Gasteiger partial charge in [0.2, 0.25) is 5.91 Å². The van der Waals surface area contributed by atoms with E-state index >= 15 is 0 Å². The summed E-state index contributed by atoms with van der Waals surface area (Å²) in [5, 5.41) is 0. The zero-order chi connectivity index (χ0) is 12.3. The normalized spacial score (nSPS) is 14.6. The van der Waals surface area contributed by atoms with Crippen LogP contribution in [0.4, 0.5) is 8.78 Å². The van der Waals surface area contributed by atoms with Gasteiger partial charge < -0.3 is 16.2 Å². The van der Waals surface area contributed by atoms with Gasteiger partial charge in [0, 0.05) is 0 Å². The number of alkyl halides is 2. The lowest BCUT2D eigenvalue weighted by Crippen LogP contribution is -2.46. The second kappa shape index (κ2) is 4.44. The molecule has 0 bridgehead atoms. The van der Waals surface area contributed by atoms with E-state index in [0.29, 0.717) is 5.56 Å². The highest BCUT2D eigenvalue weighted by molar-refractivity contribution is 5.85. The number of carbonyl (C=O) groups is 1. The molecule has 0 spiro atoms. The lowest BCUT2D eigenvalue weighted by atomic mass is 9.93. The van der Waals surface area contributed by atoms with Crippen molar-refractivity contribution in [1.82, 2.24) is 0 Å². The maximum absolute atomic E-state index is 11.9. The Morgan fingerprint density at radius 1 is 1.38 bits per heavy atom. The second-order valence-electron chi connectivity index (χ2n) is 3.47. The van der Waals surface area contributed by atoms with Crippen LogP contribution in [0.5, 0.6) is 5.75 Å². The molecule has 1 atom stereocenters. The number of hydrogen-bond donors (Lipinski definition) is 2. The van der Waals surface area contributed by atoms with Crippen molar-refractivity contribution in [3.63, 3.8) is 0 Å².